The van der Waals surface area contributed by atoms with Crippen LogP contribution in [0.25, 0.3) is 0 Å². The molecular formula is C17H26N4O2. The highest BCUT2D eigenvalue weighted by Gasteiger charge is 2.34. The van der Waals surface area contributed by atoms with Crippen molar-refractivity contribution >= 4 is 11.7 Å². The van der Waals surface area contributed by atoms with Crippen molar-refractivity contribution in [2.24, 2.45) is 5.92 Å². The fourth-order valence-electron chi connectivity index (χ4n) is 3.59. The van der Waals surface area contributed by atoms with Gasteiger partial charge in [0.15, 0.2) is 5.82 Å². The van der Waals surface area contributed by atoms with Gasteiger partial charge in [0.1, 0.15) is 0 Å². The summed E-state index contributed by atoms with van der Waals surface area (Å²) in [4.78, 5) is 17.2. The number of rotatable bonds is 3. The van der Waals surface area contributed by atoms with E-state index in [4.69, 9.17) is 4.74 Å². The molecule has 23 heavy (non-hydrogen) atoms. The summed E-state index contributed by atoms with van der Waals surface area (Å²) in [5, 5.41) is 8.13. The lowest BCUT2D eigenvalue weighted by molar-refractivity contribution is -0.145. The van der Waals surface area contributed by atoms with Gasteiger partial charge in [-0.25, -0.2) is 0 Å². The Hall–Kier alpha value is -1.69. The van der Waals surface area contributed by atoms with Crippen molar-refractivity contribution in [2.45, 2.75) is 38.7 Å². The number of carbonyl (C=O) groups excluding carboxylic acids is 1. The number of hydrogen-bond donors (Lipinski definition) is 0. The van der Waals surface area contributed by atoms with Gasteiger partial charge in [-0.05, 0) is 37.8 Å². The Morgan fingerprint density at radius 3 is 3.00 bits per heavy atom. The fourth-order valence-corrected chi connectivity index (χ4v) is 3.59. The lowest BCUT2D eigenvalue weighted by Crippen LogP contribution is -2.45. The molecule has 6 nitrogen and oxygen atoms in total. The molecule has 0 aromatic carbocycles. The highest BCUT2D eigenvalue weighted by molar-refractivity contribution is 5.79. The van der Waals surface area contributed by atoms with Crippen molar-refractivity contribution in [1.82, 2.24) is 15.1 Å². The van der Waals surface area contributed by atoms with Gasteiger partial charge in [-0.3, -0.25) is 4.79 Å². The highest BCUT2D eigenvalue weighted by Crippen LogP contribution is 2.26. The van der Waals surface area contributed by atoms with Crippen LogP contribution in [0.5, 0.6) is 0 Å². The van der Waals surface area contributed by atoms with Crippen molar-refractivity contribution in [2.75, 3.05) is 37.7 Å². The minimum atomic E-state index is 0.0387. The first-order valence-corrected chi connectivity index (χ1v) is 8.72. The molecule has 2 fully saturated rings. The van der Waals surface area contributed by atoms with Crippen molar-refractivity contribution in [1.29, 1.82) is 0 Å². The van der Waals surface area contributed by atoms with E-state index in [0.29, 0.717) is 0 Å². The summed E-state index contributed by atoms with van der Waals surface area (Å²) in [7, 11) is 0. The van der Waals surface area contributed by atoms with Crippen molar-refractivity contribution in [3.63, 3.8) is 0 Å². The molecule has 2 unspecified atom stereocenters. The first-order valence-electron chi connectivity index (χ1n) is 8.72. The summed E-state index contributed by atoms with van der Waals surface area (Å²) in [5.41, 5.74) is 0. The van der Waals surface area contributed by atoms with Crippen LogP contribution in [0.3, 0.4) is 0 Å². The predicted octanol–water partition coefficient (Wildman–Crippen LogP) is 1.72. The molecule has 6 heteroatoms. The lowest BCUT2D eigenvalue weighted by atomic mass is 9.91. The molecule has 2 aliphatic rings. The zero-order valence-corrected chi connectivity index (χ0v) is 13.9. The van der Waals surface area contributed by atoms with Gasteiger partial charge >= 0.3 is 0 Å². The third-order valence-electron chi connectivity index (χ3n) is 4.85. The van der Waals surface area contributed by atoms with E-state index in [1.54, 1.807) is 6.20 Å². The van der Waals surface area contributed by atoms with Gasteiger partial charge in [-0.15, -0.1) is 5.10 Å². The topological polar surface area (TPSA) is 58.6 Å². The maximum atomic E-state index is 12.9. The highest BCUT2D eigenvalue weighted by atomic mass is 16.5. The zero-order valence-electron chi connectivity index (χ0n) is 13.9. The van der Waals surface area contributed by atoms with Crippen LogP contribution in [-0.4, -0.2) is 59.9 Å². The van der Waals surface area contributed by atoms with Gasteiger partial charge in [0.05, 0.1) is 12.0 Å². The molecule has 3 heterocycles. The third kappa shape index (κ3) is 3.80. The van der Waals surface area contributed by atoms with Crippen molar-refractivity contribution in [3.05, 3.63) is 18.3 Å². The molecule has 0 spiro atoms. The second-order valence-electron chi connectivity index (χ2n) is 6.31. The minimum absolute atomic E-state index is 0.0387. The number of nitrogens with zero attached hydrogens (tertiary/aromatic N) is 4. The Balaban J connectivity index is 1.62. The molecule has 0 saturated carbocycles. The smallest absolute Gasteiger partial charge is 0.228 e. The van der Waals surface area contributed by atoms with E-state index in [1.165, 1.54) is 0 Å². The second kappa shape index (κ2) is 7.73. The van der Waals surface area contributed by atoms with Gasteiger partial charge in [0.25, 0.3) is 0 Å². The molecule has 3 rings (SSSR count). The molecule has 0 N–H and O–H groups in total. The van der Waals surface area contributed by atoms with Gasteiger partial charge in [0, 0.05) is 39.0 Å². The van der Waals surface area contributed by atoms with Crippen LogP contribution in [-0.2, 0) is 9.53 Å². The normalized spacial score (nSPS) is 26.0. The van der Waals surface area contributed by atoms with E-state index < -0.39 is 0 Å². The lowest BCUT2D eigenvalue weighted by Gasteiger charge is -2.34. The van der Waals surface area contributed by atoms with Crippen LogP contribution in [0.4, 0.5) is 5.82 Å². The average Bonchev–Trinajstić information content (AvgIpc) is 2.88. The average molecular weight is 318 g/mol. The largest absolute Gasteiger partial charge is 0.377 e. The number of aromatic nitrogens is 2. The molecule has 1 amide bonds. The van der Waals surface area contributed by atoms with E-state index in [9.17, 15) is 4.79 Å². The number of hydrogen-bond acceptors (Lipinski definition) is 5. The monoisotopic (exact) mass is 318 g/mol. The first-order chi connectivity index (χ1) is 11.3. The molecule has 2 saturated heterocycles. The standard InChI is InChI=1S/C17H26N4O2/c1-2-15-14(6-4-13-23-15)17(22)21-10-5-9-20(11-12-21)16-7-3-8-18-19-16/h3,7-8,14-15H,2,4-6,9-13H2,1H3. The Bertz CT molecular complexity index is 511. The van der Waals surface area contributed by atoms with E-state index in [-0.39, 0.29) is 17.9 Å². The fraction of sp³-hybridized carbons (Fsp3) is 0.706. The number of anilines is 1. The van der Waals surface area contributed by atoms with Crippen LogP contribution in [0.2, 0.25) is 0 Å². The predicted molar refractivity (Wildman–Crippen MR) is 88.2 cm³/mol. The maximum absolute atomic E-state index is 12.9. The second-order valence-corrected chi connectivity index (χ2v) is 6.31. The quantitative estimate of drug-likeness (QED) is 0.849. The zero-order chi connectivity index (χ0) is 16.1. The van der Waals surface area contributed by atoms with Gasteiger partial charge in [0.2, 0.25) is 5.91 Å². The number of carbonyl (C=O) groups is 1. The molecule has 1 aromatic rings. The molecule has 126 valence electrons. The minimum Gasteiger partial charge on any atom is -0.377 e. The molecule has 1 aromatic heterocycles. The third-order valence-corrected chi connectivity index (χ3v) is 4.85. The molecule has 2 aliphatic heterocycles. The van der Waals surface area contributed by atoms with Gasteiger partial charge in [-0.1, -0.05) is 6.92 Å². The summed E-state index contributed by atoms with van der Waals surface area (Å²) >= 11 is 0. The van der Waals surface area contributed by atoms with Crippen LogP contribution in [0.1, 0.15) is 32.6 Å². The Morgan fingerprint density at radius 1 is 1.30 bits per heavy atom. The summed E-state index contributed by atoms with van der Waals surface area (Å²) in [6.07, 6.45) is 5.61. The number of ether oxygens (including phenoxy) is 1. The SMILES string of the molecule is CCC1OCCCC1C(=O)N1CCCN(c2cccnn2)CC1. The summed E-state index contributed by atoms with van der Waals surface area (Å²) in [5.74, 6) is 1.21. The van der Waals surface area contributed by atoms with Crippen molar-refractivity contribution < 1.29 is 9.53 Å². The van der Waals surface area contributed by atoms with Crippen LogP contribution >= 0.6 is 0 Å². The molecular weight excluding hydrogens is 292 g/mol. The summed E-state index contributed by atoms with van der Waals surface area (Å²) < 4.78 is 5.80. The van der Waals surface area contributed by atoms with E-state index in [2.05, 4.69) is 22.0 Å². The summed E-state index contributed by atoms with van der Waals surface area (Å²) in [6, 6.07) is 3.88. The van der Waals surface area contributed by atoms with E-state index in [0.717, 1.165) is 64.3 Å². The van der Waals surface area contributed by atoms with Crippen LogP contribution in [0, 0.1) is 5.92 Å². The van der Waals surface area contributed by atoms with E-state index in [1.807, 2.05) is 17.0 Å². The van der Waals surface area contributed by atoms with Crippen molar-refractivity contribution in [3.8, 4) is 0 Å². The van der Waals surface area contributed by atoms with Gasteiger partial charge in [-0.2, -0.15) is 5.10 Å². The van der Waals surface area contributed by atoms with E-state index >= 15 is 0 Å². The van der Waals surface area contributed by atoms with Crippen LogP contribution < -0.4 is 4.90 Å². The maximum Gasteiger partial charge on any atom is 0.228 e. The molecule has 2 atom stereocenters. The van der Waals surface area contributed by atoms with Gasteiger partial charge < -0.3 is 14.5 Å². The molecule has 0 bridgehead atoms. The Morgan fingerprint density at radius 2 is 2.22 bits per heavy atom. The summed E-state index contributed by atoms with van der Waals surface area (Å²) in [6.45, 7) is 6.21. The van der Waals surface area contributed by atoms with Crippen LogP contribution in [0.15, 0.2) is 18.3 Å². The first kappa shape index (κ1) is 16.2. The Labute approximate surface area is 137 Å². The number of amides is 1. The Kier molecular flexibility index (Phi) is 5.43. The molecule has 0 radical (unpaired) electrons. The molecule has 0 aliphatic carbocycles.